The Kier molecular flexibility index (Phi) is 1.85. The van der Waals surface area contributed by atoms with Gasteiger partial charge < -0.3 is 9.69 Å². The van der Waals surface area contributed by atoms with Crippen LogP contribution in [0.3, 0.4) is 0 Å². The molecule has 0 atom stereocenters. The third-order valence-electron chi connectivity index (χ3n) is 1.59. The van der Waals surface area contributed by atoms with Crippen LogP contribution in [-0.4, -0.2) is 30.2 Å². The molecule has 1 amide bonds. The smallest absolute Gasteiger partial charge is 0.245 e. The quantitative estimate of drug-likeness (QED) is 0.393. The van der Waals surface area contributed by atoms with E-state index in [2.05, 4.69) is 6.58 Å². The van der Waals surface area contributed by atoms with E-state index in [1.54, 1.807) is 4.90 Å². The molecule has 0 aromatic rings. The summed E-state index contributed by atoms with van der Waals surface area (Å²) in [6, 6.07) is 0. The van der Waals surface area contributed by atoms with E-state index in [0.29, 0.717) is 13.1 Å². The van der Waals surface area contributed by atoms with Crippen LogP contribution in [0.4, 0.5) is 0 Å². The third-order valence-corrected chi connectivity index (χ3v) is 1.59. The van der Waals surface area contributed by atoms with Crippen LogP contribution in [0.15, 0.2) is 12.7 Å². The molecule has 0 unspecified atom stereocenters. The predicted octanol–water partition coefficient (Wildman–Crippen LogP) is -0.170. The normalized spacial score (nSPS) is 17.8. The fraction of sp³-hybridized carbons (Fsp3) is 0.429. The number of hydrogen-bond donors (Lipinski definition) is 0. The lowest BCUT2D eigenvalue weighted by Crippen LogP contribution is -2.49. The van der Waals surface area contributed by atoms with Gasteiger partial charge in [-0.25, -0.2) is 0 Å². The van der Waals surface area contributed by atoms with E-state index in [1.807, 2.05) is 0 Å². The van der Waals surface area contributed by atoms with Crippen molar-refractivity contribution in [3.8, 4) is 0 Å². The number of carbonyl (C=O) groups excluding carboxylic acids is 2. The minimum atomic E-state index is -0.0851. The van der Waals surface area contributed by atoms with Gasteiger partial charge in [0.2, 0.25) is 5.91 Å². The van der Waals surface area contributed by atoms with Gasteiger partial charge in [-0.3, -0.25) is 4.79 Å². The van der Waals surface area contributed by atoms with Gasteiger partial charge in [-0.15, -0.1) is 0 Å². The molecule has 54 valence electrons. The van der Waals surface area contributed by atoms with Gasteiger partial charge in [0.05, 0.1) is 0 Å². The van der Waals surface area contributed by atoms with Gasteiger partial charge in [-0.2, -0.15) is 0 Å². The second-order valence-electron chi connectivity index (χ2n) is 2.34. The minimum Gasteiger partial charge on any atom is -0.338 e. The topological polar surface area (TPSA) is 37.4 Å². The zero-order chi connectivity index (χ0) is 7.56. The monoisotopic (exact) mass is 139 g/mol. The zero-order valence-electron chi connectivity index (χ0n) is 5.62. The fourth-order valence-electron chi connectivity index (χ4n) is 0.908. The van der Waals surface area contributed by atoms with Crippen molar-refractivity contribution in [1.82, 2.24) is 4.90 Å². The summed E-state index contributed by atoms with van der Waals surface area (Å²) in [4.78, 5) is 22.4. The van der Waals surface area contributed by atoms with E-state index in [0.717, 1.165) is 6.29 Å². The third kappa shape index (κ3) is 1.07. The van der Waals surface area contributed by atoms with Crippen molar-refractivity contribution in [2.45, 2.75) is 0 Å². The predicted molar refractivity (Wildman–Crippen MR) is 36.3 cm³/mol. The van der Waals surface area contributed by atoms with Gasteiger partial charge in [0, 0.05) is 19.0 Å². The Morgan fingerprint density at radius 2 is 2.20 bits per heavy atom. The number of nitrogens with zero attached hydrogens (tertiary/aromatic N) is 1. The van der Waals surface area contributed by atoms with E-state index in [1.165, 1.54) is 6.08 Å². The lowest BCUT2D eigenvalue weighted by atomic mass is 10.0. The van der Waals surface area contributed by atoms with Crippen LogP contribution in [0.25, 0.3) is 0 Å². The summed E-state index contributed by atoms with van der Waals surface area (Å²) >= 11 is 0. The molecule has 1 saturated heterocycles. The Morgan fingerprint density at radius 1 is 1.60 bits per heavy atom. The van der Waals surface area contributed by atoms with Crippen molar-refractivity contribution in [1.29, 1.82) is 0 Å². The number of rotatable bonds is 2. The summed E-state index contributed by atoms with van der Waals surface area (Å²) in [6.07, 6.45) is 2.15. The van der Waals surface area contributed by atoms with Crippen LogP contribution in [0, 0.1) is 5.92 Å². The highest BCUT2D eigenvalue weighted by atomic mass is 16.2. The Balaban J connectivity index is 2.32. The summed E-state index contributed by atoms with van der Waals surface area (Å²) < 4.78 is 0. The maximum atomic E-state index is 10.7. The van der Waals surface area contributed by atoms with Gasteiger partial charge in [0.25, 0.3) is 0 Å². The van der Waals surface area contributed by atoms with Crippen molar-refractivity contribution in [3.63, 3.8) is 0 Å². The summed E-state index contributed by atoms with van der Waals surface area (Å²) in [5.74, 6) is -0.0259. The van der Waals surface area contributed by atoms with Gasteiger partial charge >= 0.3 is 0 Å². The van der Waals surface area contributed by atoms with Crippen LogP contribution in [-0.2, 0) is 9.59 Å². The minimum absolute atomic E-state index is 0.0592. The van der Waals surface area contributed by atoms with Crippen LogP contribution >= 0.6 is 0 Å². The molecule has 1 aliphatic rings. The average Bonchev–Trinajstić information content (AvgIpc) is 1.85. The van der Waals surface area contributed by atoms with Crippen LogP contribution in [0.5, 0.6) is 0 Å². The first kappa shape index (κ1) is 6.99. The molecule has 1 fully saturated rings. The standard InChI is InChI=1S/C7H9NO2/c1-2-7(10)8-3-6(4-8)5-9/h2,5-6H,1,3-4H2. The molecule has 0 aromatic carbocycles. The number of hydrogen-bond acceptors (Lipinski definition) is 2. The van der Waals surface area contributed by atoms with Gasteiger partial charge in [-0.05, 0) is 6.08 Å². The van der Waals surface area contributed by atoms with E-state index in [-0.39, 0.29) is 11.8 Å². The molecule has 0 aromatic heterocycles. The number of carbonyl (C=O) groups is 2. The molecule has 0 bridgehead atoms. The fourth-order valence-corrected chi connectivity index (χ4v) is 0.908. The number of likely N-dealkylation sites (tertiary alicyclic amines) is 1. The Labute approximate surface area is 59.3 Å². The largest absolute Gasteiger partial charge is 0.338 e. The summed E-state index contributed by atoms with van der Waals surface area (Å²) in [6.45, 7) is 4.46. The molecule has 0 spiro atoms. The van der Waals surface area contributed by atoms with Crippen LogP contribution in [0.2, 0.25) is 0 Å². The van der Waals surface area contributed by atoms with Crippen molar-refractivity contribution in [2.24, 2.45) is 5.92 Å². The summed E-state index contributed by atoms with van der Waals surface area (Å²) in [7, 11) is 0. The molecule has 10 heavy (non-hydrogen) atoms. The van der Waals surface area contributed by atoms with Gasteiger partial charge in [0.1, 0.15) is 6.29 Å². The first-order valence-corrected chi connectivity index (χ1v) is 3.14. The molecule has 3 nitrogen and oxygen atoms in total. The van der Waals surface area contributed by atoms with Gasteiger partial charge in [0.15, 0.2) is 0 Å². The van der Waals surface area contributed by atoms with Crippen LogP contribution < -0.4 is 0 Å². The average molecular weight is 139 g/mol. The maximum Gasteiger partial charge on any atom is 0.245 e. The SMILES string of the molecule is C=CC(=O)N1CC(C=O)C1. The lowest BCUT2D eigenvalue weighted by molar-refractivity contribution is -0.134. The van der Waals surface area contributed by atoms with Crippen molar-refractivity contribution in [3.05, 3.63) is 12.7 Å². The Bertz CT molecular complexity index is 170. The second kappa shape index (κ2) is 2.64. The Morgan fingerprint density at radius 3 is 2.60 bits per heavy atom. The van der Waals surface area contributed by atoms with E-state index < -0.39 is 0 Å². The summed E-state index contributed by atoms with van der Waals surface area (Å²) in [5.41, 5.74) is 0. The highest BCUT2D eigenvalue weighted by molar-refractivity contribution is 5.88. The van der Waals surface area contributed by atoms with E-state index >= 15 is 0 Å². The van der Waals surface area contributed by atoms with Crippen molar-refractivity contribution < 1.29 is 9.59 Å². The maximum absolute atomic E-state index is 10.7. The number of amides is 1. The van der Waals surface area contributed by atoms with Gasteiger partial charge in [-0.1, -0.05) is 6.58 Å². The van der Waals surface area contributed by atoms with Crippen molar-refractivity contribution in [2.75, 3.05) is 13.1 Å². The number of aldehydes is 1. The lowest BCUT2D eigenvalue weighted by Gasteiger charge is -2.35. The molecule has 0 aliphatic carbocycles. The molecule has 1 aliphatic heterocycles. The Hall–Kier alpha value is -1.12. The molecule has 1 rings (SSSR count). The van der Waals surface area contributed by atoms with E-state index in [9.17, 15) is 9.59 Å². The molecular formula is C7H9NO2. The second-order valence-corrected chi connectivity index (χ2v) is 2.34. The molecular weight excluding hydrogens is 130 g/mol. The molecule has 0 radical (unpaired) electrons. The zero-order valence-corrected chi connectivity index (χ0v) is 5.62. The molecule has 3 heteroatoms. The van der Waals surface area contributed by atoms with Crippen molar-refractivity contribution >= 4 is 12.2 Å². The van der Waals surface area contributed by atoms with E-state index in [4.69, 9.17) is 0 Å². The highest BCUT2D eigenvalue weighted by Crippen LogP contribution is 2.12. The molecule has 0 N–H and O–H groups in total. The first-order chi connectivity index (χ1) is 4.77. The molecule has 0 saturated carbocycles. The first-order valence-electron chi connectivity index (χ1n) is 3.14. The summed E-state index contributed by atoms with van der Waals surface area (Å²) in [5, 5.41) is 0. The molecule has 1 heterocycles. The van der Waals surface area contributed by atoms with Crippen LogP contribution in [0.1, 0.15) is 0 Å². The highest BCUT2D eigenvalue weighted by Gasteiger charge is 2.28.